The molecule has 116 valence electrons. The summed E-state index contributed by atoms with van der Waals surface area (Å²) in [6, 6.07) is 10.2. The number of benzene rings is 2. The monoisotopic (exact) mass is 311 g/mol. The van der Waals surface area contributed by atoms with Gasteiger partial charge < -0.3 is 9.64 Å². The number of ether oxygens (including phenoxy) is 1. The van der Waals surface area contributed by atoms with E-state index < -0.39 is 0 Å². The second-order valence-corrected chi connectivity index (χ2v) is 5.43. The van der Waals surface area contributed by atoms with E-state index in [-0.39, 0.29) is 18.3 Å². The van der Waals surface area contributed by atoms with Crippen LogP contribution in [0.3, 0.4) is 0 Å². The van der Waals surface area contributed by atoms with Crippen LogP contribution in [0.4, 0.5) is 4.39 Å². The summed E-state index contributed by atoms with van der Waals surface area (Å²) >= 11 is 0. The van der Waals surface area contributed by atoms with Gasteiger partial charge in [-0.05, 0) is 18.2 Å². The van der Waals surface area contributed by atoms with Crippen LogP contribution in [0.5, 0.6) is 5.75 Å². The summed E-state index contributed by atoms with van der Waals surface area (Å²) in [6.07, 6.45) is 1.67. The average Bonchev–Trinajstić information content (AvgIpc) is 2.93. The van der Waals surface area contributed by atoms with Gasteiger partial charge in [0.1, 0.15) is 18.2 Å². The molecule has 3 aromatic rings. The Morgan fingerprint density at radius 1 is 1.26 bits per heavy atom. The summed E-state index contributed by atoms with van der Waals surface area (Å²) in [5.74, 6) is -0.0263. The molecule has 0 bridgehead atoms. The van der Waals surface area contributed by atoms with E-state index in [2.05, 4.69) is 10.2 Å². The number of para-hydroxylation sites is 1. The number of amides is 1. The van der Waals surface area contributed by atoms with Crippen LogP contribution in [-0.2, 0) is 6.54 Å². The Balaban J connectivity index is 1.72. The van der Waals surface area contributed by atoms with Crippen molar-refractivity contribution in [1.82, 2.24) is 15.1 Å². The van der Waals surface area contributed by atoms with Crippen LogP contribution in [0.15, 0.2) is 42.6 Å². The summed E-state index contributed by atoms with van der Waals surface area (Å²) < 4.78 is 19.6. The SMILES string of the molecule is O=C(c1cccc2cn[nH]c12)N1CCOc2cccc(F)c2C1. The van der Waals surface area contributed by atoms with Gasteiger partial charge in [0.05, 0.1) is 30.4 Å². The van der Waals surface area contributed by atoms with E-state index in [1.165, 1.54) is 6.07 Å². The standard InChI is InChI=1S/C17H14FN3O2/c18-14-5-2-6-15-13(14)10-21(7-8-23-15)17(22)12-4-1-3-11-9-19-20-16(11)12/h1-6,9H,7-8,10H2,(H,19,20). The van der Waals surface area contributed by atoms with Crippen molar-refractivity contribution in [3.63, 3.8) is 0 Å². The third-order valence-electron chi connectivity index (χ3n) is 4.04. The maximum Gasteiger partial charge on any atom is 0.256 e. The van der Waals surface area contributed by atoms with Gasteiger partial charge in [-0.2, -0.15) is 5.10 Å². The molecule has 6 heteroatoms. The van der Waals surface area contributed by atoms with Gasteiger partial charge in [0.25, 0.3) is 5.91 Å². The molecule has 2 aromatic carbocycles. The van der Waals surface area contributed by atoms with Gasteiger partial charge in [0, 0.05) is 10.9 Å². The van der Waals surface area contributed by atoms with Gasteiger partial charge in [-0.3, -0.25) is 9.89 Å². The molecule has 1 aliphatic heterocycles. The highest BCUT2D eigenvalue weighted by molar-refractivity contribution is 6.05. The molecule has 4 rings (SSSR count). The highest BCUT2D eigenvalue weighted by Crippen LogP contribution is 2.27. The third kappa shape index (κ3) is 2.32. The van der Waals surface area contributed by atoms with Gasteiger partial charge in [-0.1, -0.05) is 18.2 Å². The van der Waals surface area contributed by atoms with Crippen molar-refractivity contribution >= 4 is 16.8 Å². The minimum Gasteiger partial charge on any atom is -0.491 e. The molecule has 0 radical (unpaired) electrons. The molecule has 1 N–H and O–H groups in total. The minimum absolute atomic E-state index is 0.167. The van der Waals surface area contributed by atoms with Gasteiger partial charge in [-0.15, -0.1) is 0 Å². The zero-order valence-corrected chi connectivity index (χ0v) is 12.3. The Hall–Kier alpha value is -2.89. The zero-order chi connectivity index (χ0) is 15.8. The normalized spacial score (nSPS) is 14.2. The number of fused-ring (bicyclic) bond motifs is 2. The van der Waals surface area contributed by atoms with E-state index in [1.807, 2.05) is 12.1 Å². The van der Waals surface area contributed by atoms with Crippen LogP contribution in [0.2, 0.25) is 0 Å². The molecular weight excluding hydrogens is 297 g/mol. The van der Waals surface area contributed by atoms with Crippen LogP contribution in [0.1, 0.15) is 15.9 Å². The molecule has 1 aromatic heterocycles. The summed E-state index contributed by atoms with van der Waals surface area (Å²) in [7, 11) is 0. The first-order valence-corrected chi connectivity index (χ1v) is 7.35. The highest BCUT2D eigenvalue weighted by Gasteiger charge is 2.24. The quantitative estimate of drug-likeness (QED) is 0.752. The van der Waals surface area contributed by atoms with Crippen LogP contribution in [-0.4, -0.2) is 34.2 Å². The Bertz CT molecular complexity index is 890. The van der Waals surface area contributed by atoms with Crippen molar-refractivity contribution in [1.29, 1.82) is 0 Å². The number of aromatic amines is 1. The molecule has 1 aliphatic rings. The summed E-state index contributed by atoms with van der Waals surface area (Å²) in [5.41, 5.74) is 1.63. The number of hydrogen-bond donors (Lipinski definition) is 1. The number of halogens is 1. The van der Waals surface area contributed by atoms with Gasteiger partial charge in [-0.25, -0.2) is 4.39 Å². The summed E-state index contributed by atoms with van der Waals surface area (Å²) in [6.45, 7) is 0.921. The summed E-state index contributed by atoms with van der Waals surface area (Å²) in [4.78, 5) is 14.5. The number of carbonyl (C=O) groups excluding carboxylic acids is 1. The molecule has 0 unspecified atom stereocenters. The predicted molar refractivity (Wildman–Crippen MR) is 82.7 cm³/mol. The van der Waals surface area contributed by atoms with Crippen molar-refractivity contribution in [2.75, 3.05) is 13.2 Å². The van der Waals surface area contributed by atoms with Crippen molar-refractivity contribution < 1.29 is 13.9 Å². The van der Waals surface area contributed by atoms with E-state index >= 15 is 0 Å². The molecule has 0 saturated carbocycles. The molecule has 0 aliphatic carbocycles. The predicted octanol–water partition coefficient (Wildman–Crippen LogP) is 2.74. The van der Waals surface area contributed by atoms with Crippen molar-refractivity contribution in [3.05, 3.63) is 59.5 Å². The van der Waals surface area contributed by atoms with Crippen molar-refractivity contribution in [2.45, 2.75) is 6.54 Å². The minimum atomic E-state index is -0.359. The van der Waals surface area contributed by atoms with Crippen LogP contribution in [0, 0.1) is 5.82 Å². The molecule has 0 atom stereocenters. The van der Waals surface area contributed by atoms with Crippen LogP contribution >= 0.6 is 0 Å². The first kappa shape index (κ1) is 13.8. The van der Waals surface area contributed by atoms with E-state index in [0.29, 0.717) is 35.5 Å². The van der Waals surface area contributed by atoms with E-state index in [1.54, 1.807) is 29.3 Å². The van der Waals surface area contributed by atoms with Gasteiger partial charge in [0.15, 0.2) is 0 Å². The molecule has 23 heavy (non-hydrogen) atoms. The first-order chi connectivity index (χ1) is 11.2. The molecule has 0 fully saturated rings. The van der Waals surface area contributed by atoms with Gasteiger partial charge >= 0.3 is 0 Å². The van der Waals surface area contributed by atoms with E-state index in [4.69, 9.17) is 4.74 Å². The lowest BCUT2D eigenvalue weighted by Crippen LogP contribution is -2.32. The highest BCUT2D eigenvalue weighted by atomic mass is 19.1. The van der Waals surface area contributed by atoms with E-state index in [9.17, 15) is 9.18 Å². The zero-order valence-electron chi connectivity index (χ0n) is 12.3. The Morgan fingerprint density at radius 2 is 2.13 bits per heavy atom. The fraction of sp³-hybridized carbons (Fsp3) is 0.176. The van der Waals surface area contributed by atoms with Crippen LogP contribution in [0.25, 0.3) is 10.9 Å². The molecule has 1 amide bonds. The largest absolute Gasteiger partial charge is 0.491 e. The first-order valence-electron chi connectivity index (χ1n) is 7.35. The number of carbonyl (C=O) groups is 1. The van der Waals surface area contributed by atoms with Gasteiger partial charge in [0.2, 0.25) is 0 Å². The molecule has 0 spiro atoms. The maximum absolute atomic E-state index is 14.1. The molecule has 2 heterocycles. The molecular formula is C17H14FN3O2. The Labute approximate surface area is 131 Å². The van der Waals surface area contributed by atoms with Crippen molar-refractivity contribution in [3.8, 4) is 5.75 Å². The number of aromatic nitrogens is 2. The molecule has 0 saturated heterocycles. The number of hydrogen-bond acceptors (Lipinski definition) is 3. The smallest absolute Gasteiger partial charge is 0.256 e. The second-order valence-electron chi connectivity index (χ2n) is 5.43. The van der Waals surface area contributed by atoms with Crippen LogP contribution < -0.4 is 4.74 Å². The lowest BCUT2D eigenvalue weighted by atomic mass is 10.1. The van der Waals surface area contributed by atoms with E-state index in [0.717, 1.165) is 5.39 Å². The fourth-order valence-electron chi connectivity index (χ4n) is 2.85. The number of rotatable bonds is 1. The Morgan fingerprint density at radius 3 is 3.04 bits per heavy atom. The lowest BCUT2D eigenvalue weighted by Gasteiger charge is -2.20. The number of nitrogens with one attached hydrogen (secondary N) is 1. The Kier molecular flexibility index (Phi) is 3.22. The average molecular weight is 311 g/mol. The third-order valence-corrected chi connectivity index (χ3v) is 4.04. The lowest BCUT2D eigenvalue weighted by molar-refractivity contribution is 0.0734. The summed E-state index contributed by atoms with van der Waals surface area (Å²) in [5, 5.41) is 7.70. The second kappa shape index (κ2) is 5.39. The number of nitrogens with zero attached hydrogens (tertiary/aromatic N) is 2. The van der Waals surface area contributed by atoms with Crippen molar-refractivity contribution in [2.24, 2.45) is 0 Å². The number of H-pyrrole nitrogens is 1. The topological polar surface area (TPSA) is 58.2 Å². The fourth-order valence-corrected chi connectivity index (χ4v) is 2.85. The molecule has 5 nitrogen and oxygen atoms in total. The maximum atomic E-state index is 14.1.